The summed E-state index contributed by atoms with van der Waals surface area (Å²) in [6.45, 7) is 5.83. The van der Waals surface area contributed by atoms with Crippen LogP contribution in [0.25, 0.3) is 0 Å². The highest BCUT2D eigenvalue weighted by molar-refractivity contribution is 5.78. The zero-order valence-electron chi connectivity index (χ0n) is 9.19. The van der Waals surface area contributed by atoms with Gasteiger partial charge in [-0.25, -0.2) is 0 Å². The van der Waals surface area contributed by atoms with E-state index in [4.69, 9.17) is 4.74 Å². The first-order valence-electron chi connectivity index (χ1n) is 5.46. The molecular formula is C12H17NO2. The summed E-state index contributed by atoms with van der Waals surface area (Å²) in [6, 6.07) is 0.295. The highest BCUT2D eigenvalue weighted by Crippen LogP contribution is 2.28. The summed E-state index contributed by atoms with van der Waals surface area (Å²) in [5, 5.41) is 3.37. The Hall–Kier alpha value is -0.930. The molecule has 0 aromatic heterocycles. The molecule has 1 saturated heterocycles. The van der Waals surface area contributed by atoms with Crippen molar-refractivity contribution in [2.45, 2.75) is 26.0 Å². The predicted octanol–water partition coefficient (Wildman–Crippen LogP) is 1.06. The van der Waals surface area contributed by atoms with Crippen LogP contribution >= 0.6 is 0 Å². The van der Waals surface area contributed by atoms with E-state index in [1.807, 2.05) is 12.2 Å². The second kappa shape index (κ2) is 4.29. The van der Waals surface area contributed by atoms with Crippen molar-refractivity contribution < 1.29 is 9.53 Å². The molecule has 3 atom stereocenters. The van der Waals surface area contributed by atoms with Crippen molar-refractivity contribution in [1.82, 2.24) is 5.32 Å². The van der Waals surface area contributed by atoms with Crippen LogP contribution in [0.2, 0.25) is 0 Å². The molecule has 15 heavy (non-hydrogen) atoms. The third kappa shape index (κ3) is 2.03. The van der Waals surface area contributed by atoms with Gasteiger partial charge >= 0.3 is 0 Å². The third-order valence-electron chi connectivity index (χ3n) is 3.08. The van der Waals surface area contributed by atoms with Gasteiger partial charge in [0.25, 0.3) is 0 Å². The Morgan fingerprint density at radius 3 is 3.07 bits per heavy atom. The van der Waals surface area contributed by atoms with Crippen molar-refractivity contribution >= 4 is 6.29 Å². The highest BCUT2D eigenvalue weighted by atomic mass is 16.5. The lowest BCUT2D eigenvalue weighted by Crippen LogP contribution is -2.34. The van der Waals surface area contributed by atoms with E-state index in [9.17, 15) is 4.79 Å². The lowest BCUT2D eigenvalue weighted by Gasteiger charge is -2.29. The second-order valence-corrected chi connectivity index (χ2v) is 4.26. The van der Waals surface area contributed by atoms with Crippen LogP contribution in [0, 0.1) is 5.92 Å². The van der Waals surface area contributed by atoms with Crippen LogP contribution in [0.3, 0.4) is 0 Å². The standard InChI is InChI=1S/C12H17NO2/c1-8-5-10(7-14)6-11-9(2)13-3-4-15-12(8)11/h5-9,12-13H,3-4H2,1-2H3. The van der Waals surface area contributed by atoms with Gasteiger partial charge in [-0.15, -0.1) is 0 Å². The molecule has 3 nitrogen and oxygen atoms in total. The van der Waals surface area contributed by atoms with Crippen molar-refractivity contribution in [3.05, 3.63) is 23.3 Å². The number of ether oxygens (including phenoxy) is 1. The van der Waals surface area contributed by atoms with E-state index in [0.717, 1.165) is 25.0 Å². The lowest BCUT2D eigenvalue weighted by molar-refractivity contribution is -0.104. The summed E-state index contributed by atoms with van der Waals surface area (Å²) in [6.07, 6.45) is 5.00. The number of fused-ring (bicyclic) bond motifs is 1. The summed E-state index contributed by atoms with van der Waals surface area (Å²) < 4.78 is 5.79. The largest absolute Gasteiger partial charge is 0.372 e. The zero-order chi connectivity index (χ0) is 10.8. The number of carbonyl (C=O) groups excluding carboxylic acids is 1. The van der Waals surface area contributed by atoms with E-state index in [0.29, 0.717) is 6.04 Å². The predicted molar refractivity (Wildman–Crippen MR) is 58.6 cm³/mol. The topological polar surface area (TPSA) is 38.3 Å². The highest BCUT2D eigenvalue weighted by Gasteiger charge is 2.29. The van der Waals surface area contributed by atoms with Gasteiger partial charge in [0.15, 0.2) is 0 Å². The molecule has 0 saturated carbocycles. The van der Waals surface area contributed by atoms with Gasteiger partial charge in [0.05, 0.1) is 12.7 Å². The van der Waals surface area contributed by atoms with E-state index in [1.165, 1.54) is 5.57 Å². The van der Waals surface area contributed by atoms with Crippen LogP contribution in [0.5, 0.6) is 0 Å². The minimum Gasteiger partial charge on any atom is -0.372 e. The molecule has 0 spiro atoms. The van der Waals surface area contributed by atoms with Crippen LogP contribution in [-0.4, -0.2) is 31.6 Å². The second-order valence-electron chi connectivity index (χ2n) is 4.26. The van der Waals surface area contributed by atoms with Gasteiger partial charge in [0.2, 0.25) is 0 Å². The van der Waals surface area contributed by atoms with Gasteiger partial charge in [-0.2, -0.15) is 0 Å². The molecule has 0 amide bonds. The van der Waals surface area contributed by atoms with Gasteiger partial charge in [-0.1, -0.05) is 13.0 Å². The van der Waals surface area contributed by atoms with Crippen molar-refractivity contribution in [1.29, 1.82) is 0 Å². The Morgan fingerprint density at radius 2 is 2.33 bits per heavy atom. The fraction of sp³-hybridized carbons (Fsp3) is 0.583. The molecule has 1 aliphatic heterocycles. The molecule has 0 bridgehead atoms. The SMILES string of the molecule is CC1NCCOC2C1=CC(C=O)=CC2C. The van der Waals surface area contributed by atoms with E-state index in [2.05, 4.69) is 19.2 Å². The summed E-state index contributed by atoms with van der Waals surface area (Å²) in [7, 11) is 0. The monoisotopic (exact) mass is 207 g/mol. The van der Waals surface area contributed by atoms with Crippen LogP contribution in [0.15, 0.2) is 23.3 Å². The molecule has 82 valence electrons. The molecule has 1 heterocycles. The van der Waals surface area contributed by atoms with E-state index in [-0.39, 0.29) is 12.0 Å². The molecule has 2 aliphatic rings. The first-order chi connectivity index (χ1) is 7.22. The van der Waals surface area contributed by atoms with Crippen molar-refractivity contribution in [2.75, 3.05) is 13.2 Å². The molecule has 1 aliphatic carbocycles. The molecule has 0 aromatic carbocycles. The van der Waals surface area contributed by atoms with Gasteiger partial charge in [0, 0.05) is 24.1 Å². The number of hydrogen-bond donors (Lipinski definition) is 1. The van der Waals surface area contributed by atoms with Gasteiger partial charge < -0.3 is 10.1 Å². The first-order valence-corrected chi connectivity index (χ1v) is 5.46. The average Bonchev–Trinajstić information content (AvgIpc) is 2.41. The Labute approximate surface area is 90.2 Å². The maximum absolute atomic E-state index is 10.8. The van der Waals surface area contributed by atoms with Crippen LogP contribution in [-0.2, 0) is 9.53 Å². The number of aldehydes is 1. The molecular weight excluding hydrogens is 190 g/mol. The number of nitrogens with one attached hydrogen (secondary N) is 1. The van der Waals surface area contributed by atoms with Crippen molar-refractivity contribution in [2.24, 2.45) is 5.92 Å². The summed E-state index contributed by atoms with van der Waals surface area (Å²) >= 11 is 0. The Kier molecular flexibility index (Phi) is 3.03. The molecule has 0 aromatic rings. The number of hydrogen-bond acceptors (Lipinski definition) is 3. The maximum Gasteiger partial charge on any atom is 0.149 e. The van der Waals surface area contributed by atoms with Crippen molar-refractivity contribution in [3.8, 4) is 0 Å². The third-order valence-corrected chi connectivity index (χ3v) is 3.08. The molecule has 3 heteroatoms. The normalized spacial score (nSPS) is 36.0. The Balaban J connectivity index is 2.31. The first kappa shape index (κ1) is 10.6. The van der Waals surface area contributed by atoms with E-state index < -0.39 is 0 Å². The van der Waals surface area contributed by atoms with E-state index in [1.54, 1.807) is 0 Å². The molecule has 1 fully saturated rings. The fourth-order valence-electron chi connectivity index (χ4n) is 2.29. The van der Waals surface area contributed by atoms with Gasteiger partial charge in [-0.3, -0.25) is 4.79 Å². The quantitative estimate of drug-likeness (QED) is 0.653. The minimum absolute atomic E-state index is 0.138. The Bertz CT molecular complexity index is 320. The molecule has 0 radical (unpaired) electrons. The Morgan fingerprint density at radius 1 is 1.53 bits per heavy atom. The van der Waals surface area contributed by atoms with Crippen molar-refractivity contribution in [3.63, 3.8) is 0 Å². The lowest BCUT2D eigenvalue weighted by atomic mass is 9.86. The molecule has 2 rings (SSSR count). The van der Waals surface area contributed by atoms with Crippen LogP contribution in [0.4, 0.5) is 0 Å². The van der Waals surface area contributed by atoms with E-state index >= 15 is 0 Å². The minimum atomic E-state index is 0.138. The fourth-order valence-corrected chi connectivity index (χ4v) is 2.29. The van der Waals surface area contributed by atoms with Gasteiger partial charge in [0.1, 0.15) is 6.29 Å². The number of carbonyl (C=O) groups is 1. The number of allylic oxidation sites excluding steroid dienone is 2. The number of rotatable bonds is 1. The van der Waals surface area contributed by atoms with Gasteiger partial charge in [-0.05, 0) is 18.6 Å². The zero-order valence-corrected chi connectivity index (χ0v) is 9.19. The smallest absolute Gasteiger partial charge is 0.149 e. The summed E-state index contributed by atoms with van der Waals surface area (Å²) in [4.78, 5) is 10.8. The molecule has 1 N–H and O–H groups in total. The van der Waals surface area contributed by atoms with Crippen LogP contribution in [0.1, 0.15) is 13.8 Å². The maximum atomic E-state index is 10.8. The van der Waals surface area contributed by atoms with Crippen LogP contribution < -0.4 is 5.32 Å². The summed E-state index contributed by atoms with van der Waals surface area (Å²) in [5.41, 5.74) is 1.97. The molecule has 3 unspecified atom stereocenters. The average molecular weight is 207 g/mol. The summed E-state index contributed by atoms with van der Waals surface area (Å²) in [5.74, 6) is 0.285.